The quantitative estimate of drug-likeness (QED) is 0.0708. The summed E-state index contributed by atoms with van der Waals surface area (Å²) in [5.74, 6) is -1.66. The highest BCUT2D eigenvalue weighted by Gasteiger charge is 2.38. The molecule has 0 saturated heterocycles. The van der Waals surface area contributed by atoms with Crippen LogP contribution in [0, 0.1) is 25.2 Å². The minimum absolute atomic E-state index is 0.262. The summed E-state index contributed by atoms with van der Waals surface area (Å²) < 4.78 is 2.33. The number of carbonyl (C=O) groups excluding carboxylic acids is 2. The molecule has 16 heteroatoms. The lowest BCUT2D eigenvalue weighted by atomic mass is 9.69. The zero-order chi connectivity index (χ0) is 50.6. The third kappa shape index (κ3) is 11.6. The largest absolute Gasteiger partial charge is 0.550 e. The number of aryl methyl sites for hydroxylation is 2. The number of carboxylic acids is 2. The number of hydrogen-bond acceptors (Lipinski definition) is 14. The van der Waals surface area contributed by atoms with Gasteiger partial charge in [0.1, 0.15) is 0 Å². The first kappa shape index (κ1) is 50.9. The Kier molecular flexibility index (Phi) is 16.7. The fraction of sp³-hybridized carbons (Fsp3) is 0.250. The van der Waals surface area contributed by atoms with Gasteiger partial charge in [0.25, 0.3) is 21.9 Å². The summed E-state index contributed by atoms with van der Waals surface area (Å²) >= 11 is 3.32. The van der Waals surface area contributed by atoms with E-state index in [1.807, 2.05) is 104 Å². The number of aromatic nitrogens is 2. The molecule has 2 aromatic heterocycles. The molecule has 0 bridgehead atoms. The number of rotatable bonds is 16. The van der Waals surface area contributed by atoms with E-state index in [0.717, 1.165) is 90.6 Å². The van der Waals surface area contributed by atoms with Gasteiger partial charge >= 0.3 is 0 Å². The first-order valence-electron chi connectivity index (χ1n) is 24.4. The molecule has 0 radical (unpaired) electrons. The van der Waals surface area contributed by atoms with Crippen molar-refractivity contribution < 1.29 is 30.7 Å². The maximum atomic E-state index is 11.3. The lowest BCUT2D eigenvalue weighted by molar-refractivity contribution is -0.545. The Morgan fingerprint density at radius 3 is 1.35 bits per heavy atom. The van der Waals surface area contributed by atoms with Crippen molar-refractivity contribution in [1.29, 1.82) is 0 Å². The first-order valence-corrected chi connectivity index (χ1v) is 26.1. The van der Waals surface area contributed by atoms with Gasteiger partial charge in [0.05, 0.1) is 42.9 Å². The van der Waals surface area contributed by atoms with E-state index in [2.05, 4.69) is 106 Å². The Morgan fingerprint density at radius 1 is 0.556 bits per heavy atom. The number of thiazole rings is 2. The van der Waals surface area contributed by atoms with Crippen molar-refractivity contribution >= 4 is 88.4 Å². The van der Waals surface area contributed by atoms with E-state index in [9.17, 15) is 19.8 Å². The fourth-order valence-electron chi connectivity index (χ4n) is 8.65. The van der Waals surface area contributed by atoms with Crippen LogP contribution < -0.4 is 41.5 Å². The fourth-order valence-corrected chi connectivity index (χ4v) is 10.5. The van der Waals surface area contributed by atoms with Crippen LogP contribution in [0.15, 0.2) is 168 Å². The maximum absolute atomic E-state index is 11.3. The van der Waals surface area contributed by atoms with Crippen LogP contribution in [0.5, 0.6) is 0 Å². The molecule has 0 saturated carbocycles. The van der Waals surface area contributed by atoms with Crippen molar-refractivity contribution in [3.05, 3.63) is 180 Å². The lowest BCUT2D eigenvalue weighted by Crippen LogP contribution is -2.96. The summed E-state index contributed by atoms with van der Waals surface area (Å²) in [6.07, 6.45) is 4.63. The molecule has 1 atom stereocenters. The second kappa shape index (κ2) is 23.6. The second-order valence-corrected chi connectivity index (χ2v) is 19.7. The predicted octanol–water partition coefficient (Wildman–Crippen LogP) is 8.25. The van der Waals surface area contributed by atoms with Crippen molar-refractivity contribution in [1.82, 2.24) is 9.97 Å². The number of hydrazone groups is 2. The summed E-state index contributed by atoms with van der Waals surface area (Å²) in [5.41, 5.74) is 11.4. The van der Waals surface area contributed by atoms with E-state index in [-0.39, 0.29) is 12.8 Å². The Morgan fingerprint density at radius 2 is 0.972 bits per heavy atom. The Hall–Kier alpha value is -7.50. The molecule has 2 aliphatic rings. The third-order valence-corrected chi connectivity index (χ3v) is 14.9. The van der Waals surface area contributed by atoms with E-state index in [1.165, 1.54) is 11.1 Å². The van der Waals surface area contributed by atoms with Crippen molar-refractivity contribution in [2.75, 3.05) is 20.5 Å². The lowest BCUT2D eigenvalue weighted by Gasteiger charge is -2.41. The highest BCUT2D eigenvalue weighted by atomic mass is 32.1. The van der Waals surface area contributed by atoms with Gasteiger partial charge in [-0.25, -0.2) is 9.97 Å². The van der Waals surface area contributed by atoms with E-state index in [1.54, 1.807) is 36.5 Å². The molecule has 72 heavy (non-hydrogen) atoms. The average Bonchev–Trinajstić information content (AvgIpc) is 4.24. The van der Waals surface area contributed by atoms with Crippen LogP contribution in [0.25, 0.3) is 20.4 Å². The zero-order valence-electron chi connectivity index (χ0n) is 41.2. The number of unbranched alkanes of at least 4 members (excludes halogenated alkanes) is 3. The van der Waals surface area contributed by atoms with Crippen LogP contribution in [0.3, 0.4) is 0 Å². The number of fused-ring (bicyclic) bond motifs is 2. The molecule has 1 unspecified atom stereocenters. The van der Waals surface area contributed by atoms with E-state index in [0.29, 0.717) is 6.42 Å². The minimum atomic E-state index is -1.29. The normalized spacial score (nSPS) is 13.8. The smallest absolute Gasteiger partial charge is 0.277 e. The number of amidine groups is 2. The number of anilines is 4. The topological polar surface area (TPSA) is 177 Å². The Bertz CT molecular complexity index is 2870. The Balaban J connectivity index is 0.000000149. The van der Waals surface area contributed by atoms with Crippen LogP contribution in [0.4, 0.5) is 21.6 Å². The summed E-state index contributed by atoms with van der Waals surface area (Å²) in [7, 11) is 0. The number of benzene rings is 6. The van der Waals surface area contributed by atoms with Crippen molar-refractivity contribution in [2.45, 2.75) is 79.6 Å². The molecule has 14 nitrogen and oxygen atoms in total. The molecule has 6 aromatic carbocycles. The summed E-state index contributed by atoms with van der Waals surface area (Å²) in [6.45, 7) is 9.64. The highest BCUT2D eigenvalue weighted by molar-refractivity contribution is 7.22. The third-order valence-electron chi connectivity index (χ3n) is 12.9. The van der Waals surface area contributed by atoms with Crippen LogP contribution in [0.1, 0.15) is 88.0 Å². The van der Waals surface area contributed by atoms with Crippen LogP contribution in [-0.2, 0) is 9.59 Å². The molecule has 370 valence electrons. The number of carbonyl (C=O) groups is 2. The zero-order valence-corrected chi connectivity index (χ0v) is 42.9. The molecule has 0 amide bonds. The predicted molar refractivity (Wildman–Crippen MR) is 287 cm³/mol. The number of aliphatic carboxylic acids is 2. The monoisotopic (exact) mass is 1000 g/mol. The molecule has 0 fully saturated rings. The van der Waals surface area contributed by atoms with Crippen LogP contribution in [0.2, 0.25) is 0 Å². The number of nitrogens with two attached hydrogens (primary N) is 2. The molecular formula is C56H60N10O4S2. The van der Waals surface area contributed by atoms with Gasteiger partial charge in [-0.15, -0.1) is 10.2 Å². The Labute approximate surface area is 428 Å². The number of nitrogens with zero attached hydrogens (tertiary/aromatic N) is 8. The molecule has 10 rings (SSSR count). The number of para-hydroxylation sites is 2. The summed E-state index contributed by atoms with van der Waals surface area (Å²) in [6, 6.07) is 53.6. The van der Waals surface area contributed by atoms with Crippen molar-refractivity contribution in [3.8, 4) is 0 Å². The number of hydrazine groups is 2. The second-order valence-electron chi connectivity index (χ2n) is 17.7. The molecule has 0 spiro atoms. The van der Waals surface area contributed by atoms with Gasteiger partial charge < -0.3 is 19.8 Å². The molecule has 2 aliphatic heterocycles. The van der Waals surface area contributed by atoms with Crippen LogP contribution >= 0.6 is 22.7 Å². The standard InChI is InChI=1S/2C21H17N5S.C14H26O4/c2*1-15-11-13-17(14-12-15)25-23-20(16-7-3-2-4-8-16)24-26(25)21-22-18-9-5-6-10-19(18)27-21;1-4-7-8-9-10-11(12(15)16)14(5-2,6-3)13(17)18/h2*2-14H,1H3,(H,23,24);11H,4-10H2,1-3H3,(H,15,16)(H,17,18). The van der Waals surface area contributed by atoms with Gasteiger partial charge in [-0.3, -0.25) is 0 Å². The molecule has 0 aliphatic carbocycles. The van der Waals surface area contributed by atoms with Crippen LogP contribution in [-0.4, -0.2) is 33.6 Å². The average molecular weight is 1000 g/mol. The molecular weight excluding hydrogens is 941 g/mol. The van der Waals surface area contributed by atoms with E-state index >= 15 is 0 Å². The number of quaternary nitrogens is 2. The van der Waals surface area contributed by atoms with E-state index < -0.39 is 23.3 Å². The van der Waals surface area contributed by atoms with Crippen molar-refractivity contribution in [3.63, 3.8) is 0 Å². The van der Waals surface area contributed by atoms with Gasteiger partial charge in [0.2, 0.25) is 0 Å². The SMILES string of the molecule is CCCCCCC(C(=O)[O-])C(CC)(CC)C(=O)[O-].Cc1ccc(N2N=C(c3ccccc3)[NH2+]N2c2nc3ccccc3s2)cc1.Cc1ccc(N2N=C(c3ccccc3)[NH2+]N2c2nc3ccccc3s2)cc1. The van der Waals surface area contributed by atoms with E-state index in [4.69, 9.17) is 20.2 Å². The molecule has 4 heterocycles. The first-order chi connectivity index (χ1) is 35.0. The van der Waals surface area contributed by atoms with Gasteiger partial charge in [-0.2, -0.15) is 10.9 Å². The summed E-state index contributed by atoms with van der Waals surface area (Å²) in [4.78, 5) is 32.2. The van der Waals surface area contributed by atoms with Gasteiger partial charge in [-0.05, 0) is 106 Å². The number of carboxylic acid groups (broad SMARTS) is 2. The maximum Gasteiger partial charge on any atom is 0.277 e. The summed E-state index contributed by atoms with van der Waals surface area (Å²) in [5, 5.41) is 42.0. The van der Waals surface area contributed by atoms with Gasteiger partial charge in [0, 0.05) is 23.3 Å². The van der Waals surface area contributed by atoms with Gasteiger partial charge in [0.15, 0.2) is 0 Å². The highest BCUT2D eigenvalue weighted by Crippen LogP contribution is 2.38. The van der Waals surface area contributed by atoms with Crippen molar-refractivity contribution in [2.24, 2.45) is 21.5 Å². The molecule has 4 N–H and O–H groups in total. The molecule has 8 aromatic rings. The number of hydrogen-bond donors (Lipinski definition) is 2. The minimum Gasteiger partial charge on any atom is -0.550 e. The van der Waals surface area contributed by atoms with Gasteiger partial charge in [-0.1, -0.05) is 186 Å².